The standard InChI is InChI=1S/C18H18N2O2S/c1-22-17-7-5-14(6-8-17)11-20-18(21)13-23-12-16-4-2-3-15(9-16)10-19/h2-9H,11-13H2,1H3,(H,20,21). The Balaban J connectivity index is 1.71. The van der Waals surface area contributed by atoms with Crippen LogP contribution in [0, 0.1) is 11.3 Å². The van der Waals surface area contributed by atoms with Crippen molar-refractivity contribution in [3.63, 3.8) is 0 Å². The third-order valence-electron chi connectivity index (χ3n) is 3.21. The summed E-state index contributed by atoms with van der Waals surface area (Å²) >= 11 is 1.53. The lowest BCUT2D eigenvalue weighted by Crippen LogP contribution is -2.24. The highest BCUT2D eigenvalue weighted by Crippen LogP contribution is 2.14. The quantitative estimate of drug-likeness (QED) is 0.849. The maximum Gasteiger partial charge on any atom is 0.230 e. The number of carbonyl (C=O) groups is 1. The third kappa shape index (κ3) is 5.68. The van der Waals surface area contributed by atoms with Crippen LogP contribution in [0.5, 0.6) is 5.75 Å². The Kier molecular flexibility index (Phi) is 6.52. The maximum absolute atomic E-state index is 11.8. The third-order valence-corrected chi connectivity index (χ3v) is 4.21. The lowest BCUT2D eigenvalue weighted by atomic mass is 10.2. The summed E-state index contributed by atoms with van der Waals surface area (Å²) in [7, 11) is 1.63. The molecule has 23 heavy (non-hydrogen) atoms. The molecular formula is C18H18N2O2S. The number of rotatable bonds is 7. The van der Waals surface area contributed by atoms with Gasteiger partial charge in [0.1, 0.15) is 5.75 Å². The van der Waals surface area contributed by atoms with E-state index in [2.05, 4.69) is 11.4 Å². The molecule has 0 spiro atoms. The van der Waals surface area contributed by atoms with Gasteiger partial charge in [0.15, 0.2) is 0 Å². The summed E-state index contributed by atoms with van der Waals surface area (Å²) in [5.74, 6) is 1.91. The van der Waals surface area contributed by atoms with Crippen LogP contribution >= 0.6 is 11.8 Å². The normalized spacial score (nSPS) is 9.91. The Morgan fingerprint density at radius 2 is 2.00 bits per heavy atom. The molecule has 4 nitrogen and oxygen atoms in total. The number of thioether (sulfide) groups is 1. The average Bonchev–Trinajstić information content (AvgIpc) is 2.60. The molecule has 0 fully saturated rings. The molecule has 2 rings (SSSR count). The minimum Gasteiger partial charge on any atom is -0.497 e. The van der Waals surface area contributed by atoms with Crippen LogP contribution in [0.25, 0.3) is 0 Å². The van der Waals surface area contributed by atoms with E-state index in [0.717, 1.165) is 16.9 Å². The van der Waals surface area contributed by atoms with E-state index >= 15 is 0 Å². The Labute approximate surface area is 140 Å². The number of hydrogen-bond acceptors (Lipinski definition) is 4. The molecule has 1 amide bonds. The van der Waals surface area contributed by atoms with Gasteiger partial charge in [0.05, 0.1) is 24.5 Å². The number of benzene rings is 2. The highest BCUT2D eigenvalue weighted by atomic mass is 32.2. The molecule has 0 unspecified atom stereocenters. The van der Waals surface area contributed by atoms with Gasteiger partial charge in [-0.1, -0.05) is 24.3 Å². The van der Waals surface area contributed by atoms with Crippen molar-refractivity contribution in [2.75, 3.05) is 12.9 Å². The fraction of sp³-hybridized carbons (Fsp3) is 0.222. The second-order valence-corrected chi connectivity index (χ2v) is 5.92. The van der Waals surface area contributed by atoms with Gasteiger partial charge in [0, 0.05) is 12.3 Å². The second-order valence-electron chi connectivity index (χ2n) is 4.93. The highest BCUT2D eigenvalue weighted by Gasteiger charge is 2.03. The molecule has 2 aromatic rings. The number of amides is 1. The molecule has 0 saturated carbocycles. The molecule has 118 valence electrons. The molecular weight excluding hydrogens is 308 g/mol. The van der Waals surface area contributed by atoms with Crippen molar-refractivity contribution in [1.82, 2.24) is 5.32 Å². The summed E-state index contributed by atoms with van der Waals surface area (Å²) < 4.78 is 5.10. The van der Waals surface area contributed by atoms with Gasteiger partial charge in [0.2, 0.25) is 5.91 Å². The number of ether oxygens (including phenoxy) is 1. The van der Waals surface area contributed by atoms with Gasteiger partial charge in [-0.3, -0.25) is 4.79 Å². The first kappa shape index (κ1) is 16.9. The summed E-state index contributed by atoms with van der Waals surface area (Å²) in [6, 6.07) is 17.2. The molecule has 0 aliphatic heterocycles. The van der Waals surface area contributed by atoms with Gasteiger partial charge < -0.3 is 10.1 Å². The molecule has 0 heterocycles. The number of hydrogen-bond donors (Lipinski definition) is 1. The molecule has 2 aromatic carbocycles. The minimum absolute atomic E-state index is 0.00209. The average molecular weight is 326 g/mol. The lowest BCUT2D eigenvalue weighted by Gasteiger charge is -2.06. The van der Waals surface area contributed by atoms with Crippen molar-refractivity contribution in [2.45, 2.75) is 12.3 Å². The maximum atomic E-state index is 11.8. The van der Waals surface area contributed by atoms with Gasteiger partial charge >= 0.3 is 0 Å². The van der Waals surface area contributed by atoms with Crippen molar-refractivity contribution in [3.8, 4) is 11.8 Å². The van der Waals surface area contributed by atoms with Crippen LogP contribution in [0.4, 0.5) is 0 Å². The Morgan fingerprint density at radius 3 is 2.70 bits per heavy atom. The summed E-state index contributed by atoms with van der Waals surface area (Å²) in [5, 5.41) is 11.8. The topological polar surface area (TPSA) is 62.1 Å². The first-order valence-electron chi connectivity index (χ1n) is 7.17. The van der Waals surface area contributed by atoms with Gasteiger partial charge in [-0.25, -0.2) is 0 Å². The number of carbonyl (C=O) groups excluding carboxylic acids is 1. The first-order chi connectivity index (χ1) is 11.2. The lowest BCUT2D eigenvalue weighted by molar-refractivity contribution is -0.118. The fourth-order valence-electron chi connectivity index (χ4n) is 1.99. The van der Waals surface area contributed by atoms with E-state index in [4.69, 9.17) is 10.00 Å². The Hall–Kier alpha value is -2.45. The molecule has 0 aromatic heterocycles. The van der Waals surface area contributed by atoms with Crippen LogP contribution in [0.15, 0.2) is 48.5 Å². The predicted octanol–water partition coefficient (Wildman–Crippen LogP) is 3.12. The van der Waals surface area contributed by atoms with Crippen molar-refractivity contribution >= 4 is 17.7 Å². The van der Waals surface area contributed by atoms with Crippen LogP contribution in [-0.4, -0.2) is 18.8 Å². The first-order valence-corrected chi connectivity index (χ1v) is 8.33. The fourth-order valence-corrected chi connectivity index (χ4v) is 2.79. The van der Waals surface area contributed by atoms with Crippen LogP contribution in [0.2, 0.25) is 0 Å². The molecule has 0 aliphatic carbocycles. The number of nitriles is 1. The predicted molar refractivity (Wildman–Crippen MR) is 92.2 cm³/mol. The summed E-state index contributed by atoms with van der Waals surface area (Å²) in [6.45, 7) is 0.507. The Bertz CT molecular complexity index is 693. The monoisotopic (exact) mass is 326 g/mol. The van der Waals surface area contributed by atoms with Gasteiger partial charge in [-0.05, 0) is 35.4 Å². The van der Waals surface area contributed by atoms with E-state index in [1.165, 1.54) is 11.8 Å². The zero-order valence-corrected chi connectivity index (χ0v) is 13.7. The van der Waals surface area contributed by atoms with Gasteiger partial charge in [-0.15, -0.1) is 11.8 Å². The van der Waals surface area contributed by atoms with Crippen LogP contribution < -0.4 is 10.1 Å². The van der Waals surface area contributed by atoms with E-state index in [1.54, 1.807) is 13.2 Å². The number of methoxy groups -OCH3 is 1. The number of nitrogens with zero attached hydrogens (tertiary/aromatic N) is 1. The smallest absolute Gasteiger partial charge is 0.230 e. The van der Waals surface area contributed by atoms with E-state index in [0.29, 0.717) is 23.6 Å². The summed E-state index contributed by atoms with van der Waals surface area (Å²) in [6.07, 6.45) is 0. The molecule has 5 heteroatoms. The van der Waals surface area contributed by atoms with Crippen LogP contribution in [0.1, 0.15) is 16.7 Å². The van der Waals surface area contributed by atoms with Crippen molar-refractivity contribution in [3.05, 3.63) is 65.2 Å². The largest absolute Gasteiger partial charge is 0.497 e. The molecule has 0 saturated heterocycles. The van der Waals surface area contributed by atoms with E-state index in [9.17, 15) is 4.79 Å². The zero-order valence-electron chi connectivity index (χ0n) is 12.9. The summed E-state index contributed by atoms with van der Waals surface area (Å²) in [5.41, 5.74) is 2.73. The minimum atomic E-state index is 0.00209. The van der Waals surface area contributed by atoms with Crippen molar-refractivity contribution < 1.29 is 9.53 Å². The molecule has 0 bridgehead atoms. The molecule has 1 N–H and O–H groups in total. The zero-order chi connectivity index (χ0) is 16.5. The highest BCUT2D eigenvalue weighted by molar-refractivity contribution is 7.99. The van der Waals surface area contributed by atoms with E-state index in [1.807, 2.05) is 42.5 Å². The molecule has 0 aliphatic rings. The van der Waals surface area contributed by atoms with Crippen molar-refractivity contribution in [1.29, 1.82) is 5.26 Å². The van der Waals surface area contributed by atoms with Gasteiger partial charge in [-0.2, -0.15) is 5.26 Å². The van der Waals surface area contributed by atoms with E-state index in [-0.39, 0.29) is 5.91 Å². The van der Waals surface area contributed by atoms with Gasteiger partial charge in [0.25, 0.3) is 0 Å². The van der Waals surface area contributed by atoms with E-state index < -0.39 is 0 Å². The number of nitrogens with one attached hydrogen (secondary N) is 1. The molecule has 0 atom stereocenters. The Morgan fingerprint density at radius 1 is 1.22 bits per heavy atom. The summed E-state index contributed by atoms with van der Waals surface area (Å²) in [4.78, 5) is 11.8. The second kappa shape index (κ2) is 8.86. The SMILES string of the molecule is COc1ccc(CNC(=O)CSCc2cccc(C#N)c2)cc1. The molecule has 0 radical (unpaired) electrons. The van der Waals surface area contributed by atoms with Crippen LogP contribution in [0.3, 0.4) is 0 Å². The van der Waals surface area contributed by atoms with Crippen LogP contribution in [-0.2, 0) is 17.1 Å². The van der Waals surface area contributed by atoms with Crippen molar-refractivity contribution in [2.24, 2.45) is 0 Å².